The molecule has 1 nitrogen and oxygen atoms in total. The highest BCUT2D eigenvalue weighted by atomic mass is 28.2. The molecule has 0 N–H and O–H groups in total. The van der Waals surface area contributed by atoms with Gasteiger partial charge >= 0.3 is 0 Å². The lowest BCUT2D eigenvalue weighted by molar-refractivity contribution is 0.253. The van der Waals surface area contributed by atoms with Gasteiger partial charge in [-0.05, 0) is 30.2 Å². The Bertz CT molecular complexity index is 286. The molecule has 0 heterocycles. The van der Waals surface area contributed by atoms with Gasteiger partial charge in [0, 0.05) is 6.61 Å². The first-order valence-corrected chi connectivity index (χ1v) is 7.15. The van der Waals surface area contributed by atoms with Gasteiger partial charge in [0.15, 0.2) is 0 Å². The first-order valence-electron chi connectivity index (χ1n) is 6.33. The molecule has 90 valence electrons. The number of benzene rings is 1. The summed E-state index contributed by atoms with van der Waals surface area (Å²) in [6.07, 6.45) is 4.86. The summed E-state index contributed by atoms with van der Waals surface area (Å²) in [5.41, 5.74) is 1.82. The van der Waals surface area contributed by atoms with Crippen LogP contribution in [0.25, 0.3) is 0 Å². The lowest BCUT2D eigenvalue weighted by Gasteiger charge is -2.33. The molecule has 0 spiro atoms. The average molecular weight is 236 g/mol. The smallest absolute Gasteiger partial charge is 0.145 e. The molecule has 1 aromatic carbocycles. The van der Waals surface area contributed by atoms with Crippen LogP contribution in [-0.4, -0.2) is 17.1 Å². The van der Waals surface area contributed by atoms with E-state index in [0.717, 1.165) is 23.5 Å². The molecule has 1 rings (SSSR count). The Kier molecular flexibility index (Phi) is 5.78. The summed E-state index contributed by atoms with van der Waals surface area (Å²) in [4.78, 5) is 0. The Labute approximate surface area is 103 Å². The molecule has 0 aliphatic heterocycles. The third-order valence-electron chi connectivity index (χ3n) is 3.58. The van der Waals surface area contributed by atoms with Gasteiger partial charge < -0.3 is 4.43 Å². The van der Waals surface area contributed by atoms with Crippen LogP contribution < -0.4 is 0 Å². The lowest BCUT2D eigenvalue weighted by Crippen LogP contribution is -2.27. The second-order valence-corrected chi connectivity index (χ2v) is 5.07. The fourth-order valence-electron chi connectivity index (χ4n) is 2.54. The van der Waals surface area contributed by atoms with Gasteiger partial charge in [-0.2, -0.15) is 0 Å². The van der Waals surface area contributed by atoms with Crippen LogP contribution in [0.4, 0.5) is 0 Å². The maximum Gasteiger partial charge on any atom is 0.145 e. The highest BCUT2D eigenvalue weighted by Crippen LogP contribution is 2.36. The first-order chi connectivity index (χ1) is 7.79. The Morgan fingerprint density at radius 2 is 1.81 bits per heavy atom. The number of hydrogen-bond donors (Lipinski definition) is 0. The van der Waals surface area contributed by atoms with Gasteiger partial charge in [0.05, 0.1) is 0 Å². The van der Waals surface area contributed by atoms with Gasteiger partial charge in [0.2, 0.25) is 0 Å². The fraction of sp³-hybridized carbons (Fsp3) is 0.571. The van der Waals surface area contributed by atoms with Crippen molar-refractivity contribution in [1.82, 2.24) is 0 Å². The summed E-state index contributed by atoms with van der Waals surface area (Å²) < 4.78 is 5.41. The second-order valence-electron chi connectivity index (χ2n) is 4.49. The quantitative estimate of drug-likeness (QED) is 0.662. The molecule has 0 aromatic heterocycles. The summed E-state index contributed by atoms with van der Waals surface area (Å²) in [7, 11) is 0.851. The predicted octanol–water partition coefficient (Wildman–Crippen LogP) is 2.82. The van der Waals surface area contributed by atoms with E-state index in [1.54, 1.807) is 0 Å². The van der Waals surface area contributed by atoms with Gasteiger partial charge in [0.1, 0.15) is 10.5 Å². The van der Waals surface area contributed by atoms with Crippen molar-refractivity contribution in [1.29, 1.82) is 0 Å². The molecule has 0 saturated heterocycles. The zero-order chi connectivity index (χ0) is 11.9. The molecule has 0 fully saturated rings. The minimum Gasteiger partial charge on any atom is -0.428 e. The van der Waals surface area contributed by atoms with Crippen LogP contribution in [-0.2, 0) is 9.84 Å². The van der Waals surface area contributed by atoms with Crippen molar-refractivity contribution >= 4 is 10.5 Å². The molecule has 0 bridgehead atoms. The standard InChI is InChI=1S/C14H24OSi/c1-3-10-14(4-2,11-12-15-16)13-8-6-5-7-9-13/h5-9H,3-4,10-12H2,1-2,16H3. The van der Waals surface area contributed by atoms with Crippen molar-refractivity contribution in [3.8, 4) is 0 Å². The van der Waals surface area contributed by atoms with Crippen LogP contribution in [0.2, 0.25) is 0 Å². The summed E-state index contributed by atoms with van der Waals surface area (Å²) >= 11 is 0. The fourth-order valence-corrected chi connectivity index (χ4v) is 2.74. The Hall–Kier alpha value is -0.603. The van der Waals surface area contributed by atoms with Crippen molar-refractivity contribution in [3.05, 3.63) is 35.9 Å². The third-order valence-corrected chi connectivity index (χ3v) is 3.98. The van der Waals surface area contributed by atoms with E-state index in [1.807, 2.05) is 0 Å². The van der Waals surface area contributed by atoms with E-state index in [9.17, 15) is 0 Å². The predicted molar refractivity (Wildman–Crippen MR) is 73.8 cm³/mol. The summed E-state index contributed by atoms with van der Waals surface area (Å²) in [5.74, 6) is 0. The van der Waals surface area contributed by atoms with Crippen LogP contribution in [0.15, 0.2) is 30.3 Å². The highest BCUT2D eigenvalue weighted by Gasteiger charge is 2.28. The largest absolute Gasteiger partial charge is 0.428 e. The van der Waals surface area contributed by atoms with Gasteiger partial charge in [-0.15, -0.1) is 0 Å². The molecule has 1 unspecified atom stereocenters. The van der Waals surface area contributed by atoms with Crippen molar-refractivity contribution in [3.63, 3.8) is 0 Å². The van der Waals surface area contributed by atoms with E-state index in [2.05, 4.69) is 44.2 Å². The molecular formula is C14H24OSi. The molecule has 2 heteroatoms. The van der Waals surface area contributed by atoms with Gasteiger partial charge in [-0.3, -0.25) is 0 Å². The van der Waals surface area contributed by atoms with Crippen molar-refractivity contribution < 1.29 is 4.43 Å². The van der Waals surface area contributed by atoms with Gasteiger partial charge in [-0.25, -0.2) is 0 Å². The average Bonchev–Trinajstić information content (AvgIpc) is 2.36. The zero-order valence-corrected chi connectivity index (χ0v) is 12.8. The van der Waals surface area contributed by atoms with E-state index < -0.39 is 0 Å². The Balaban J connectivity index is 2.92. The van der Waals surface area contributed by atoms with Crippen LogP contribution in [0.3, 0.4) is 0 Å². The van der Waals surface area contributed by atoms with Gasteiger partial charge in [0.25, 0.3) is 0 Å². The van der Waals surface area contributed by atoms with Crippen LogP contribution >= 0.6 is 0 Å². The van der Waals surface area contributed by atoms with Crippen LogP contribution in [0.5, 0.6) is 0 Å². The van der Waals surface area contributed by atoms with E-state index in [0.29, 0.717) is 5.41 Å². The van der Waals surface area contributed by atoms with E-state index in [-0.39, 0.29) is 0 Å². The van der Waals surface area contributed by atoms with Crippen LogP contribution in [0, 0.1) is 0 Å². The van der Waals surface area contributed by atoms with E-state index in [1.165, 1.54) is 24.8 Å². The van der Waals surface area contributed by atoms with Crippen molar-refractivity contribution in [2.75, 3.05) is 6.61 Å². The monoisotopic (exact) mass is 236 g/mol. The summed E-state index contributed by atoms with van der Waals surface area (Å²) in [6, 6.07) is 10.9. The minimum atomic E-state index is 0.334. The molecular weight excluding hydrogens is 212 g/mol. The maximum absolute atomic E-state index is 5.41. The SMILES string of the molecule is CCCC(CC)(CCO[SiH3])c1ccccc1. The molecule has 0 amide bonds. The lowest BCUT2D eigenvalue weighted by atomic mass is 9.72. The number of hydrogen-bond acceptors (Lipinski definition) is 1. The molecule has 0 saturated carbocycles. The van der Waals surface area contributed by atoms with E-state index in [4.69, 9.17) is 4.43 Å². The van der Waals surface area contributed by atoms with E-state index >= 15 is 0 Å². The molecule has 1 atom stereocenters. The topological polar surface area (TPSA) is 9.23 Å². The molecule has 16 heavy (non-hydrogen) atoms. The van der Waals surface area contributed by atoms with Crippen molar-refractivity contribution in [2.45, 2.75) is 44.9 Å². The third kappa shape index (κ3) is 3.19. The van der Waals surface area contributed by atoms with Crippen LogP contribution in [0.1, 0.15) is 45.1 Å². The minimum absolute atomic E-state index is 0.334. The second kappa shape index (κ2) is 6.87. The Morgan fingerprint density at radius 1 is 1.12 bits per heavy atom. The Morgan fingerprint density at radius 3 is 2.31 bits per heavy atom. The maximum atomic E-state index is 5.41. The number of rotatable bonds is 7. The molecule has 0 aliphatic carbocycles. The molecule has 1 aromatic rings. The zero-order valence-electron chi connectivity index (χ0n) is 10.8. The summed E-state index contributed by atoms with van der Waals surface area (Å²) in [6.45, 7) is 5.49. The van der Waals surface area contributed by atoms with Crippen molar-refractivity contribution in [2.24, 2.45) is 0 Å². The molecule has 0 aliphatic rings. The highest BCUT2D eigenvalue weighted by molar-refractivity contribution is 5.97. The first kappa shape index (κ1) is 13.5. The normalized spacial score (nSPS) is 14.9. The summed E-state index contributed by atoms with van der Waals surface area (Å²) in [5, 5.41) is 0. The van der Waals surface area contributed by atoms with Gasteiger partial charge in [-0.1, -0.05) is 50.6 Å². The molecule has 0 radical (unpaired) electrons.